The van der Waals surface area contributed by atoms with Crippen LogP contribution in [0.2, 0.25) is 0 Å². The summed E-state index contributed by atoms with van der Waals surface area (Å²) in [6.07, 6.45) is 4.80. The molecule has 18 heavy (non-hydrogen) atoms. The second-order valence-electron chi connectivity index (χ2n) is 3.86. The molecule has 1 aromatic rings. The van der Waals surface area contributed by atoms with E-state index < -0.39 is 0 Å². The van der Waals surface area contributed by atoms with Crippen LogP contribution >= 0.6 is 0 Å². The number of pyridine rings is 1. The summed E-state index contributed by atoms with van der Waals surface area (Å²) in [5.41, 5.74) is 0.554. The SMILES string of the molecule is COC(=O)CCCCCNc1ccc(C#N)cn1. The van der Waals surface area contributed by atoms with Gasteiger partial charge in [-0.15, -0.1) is 0 Å². The highest BCUT2D eigenvalue weighted by atomic mass is 16.5. The predicted octanol–water partition coefficient (Wildman–Crippen LogP) is 2.10. The maximum Gasteiger partial charge on any atom is 0.305 e. The number of aromatic nitrogens is 1. The maximum absolute atomic E-state index is 10.9. The first kappa shape index (κ1) is 14.0. The molecule has 96 valence electrons. The van der Waals surface area contributed by atoms with Crippen molar-refractivity contribution in [2.75, 3.05) is 19.0 Å². The summed E-state index contributed by atoms with van der Waals surface area (Å²) in [5.74, 6) is 0.610. The number of nitrogens with one attached hydrogen (secondary N) is 1. The number of hydrogen-bond donors (Lipinski definition) is 1. The summed E-state index contributed by atoms with van der Waals surface area (Å²) in [7, 11) is 1.40. The number of carbonyl (C=O) groups excluding carboxylic acids is 1. The predicted molar refractivity (Wildman–Crippen MR) is 67.9 cm³/mol. The van der Waals surface area contributed by atoms with Crippen molar-refractivity contribution in [3.8, 4) is 6.07 Å². The molecular weight excluding hydrogens is 230 g/mol. The fourth-order valence-electron chi connectivity index (χ4n) is 1.45. The minimum atomic E-state index is -0.156. The molecule has 1 rings (SSSR count). The number of hydrogen-bond acceptors (Lipinski definition) is 5. The van der Waals surface area contributed by atoms with Crippen LogP contribution in [0.5, 0.6) is 0 Å². The molecule has 0 aromatic carbocycles. The van der Waals surface area contributed by atoms with Gasteiger partial charge in [-0.3, -0.25) is 4.79 Å². The van der Waals surface area contributed by atoms with E-state index >= 15 is 0 Å². The Morgan fingerprint density at radius 2 is 2.28 bits per heavy atom. The van der Waals surface area contributed by atoms with Gasteiger partial charge in [-0.2, -0.15) is 5.26 Å². The van der Waals surface area contributed by atoms with E-state index in [4.69, 9.17) is 5.26 Å². The van der Waals surface area contributed by atoms with Gasteiger partial charge in [-0.1, -0.05) is 6.42 Å². The number of esters is 1. The summed E-state index contributed by atoms with van der Waals surface area (Å²) in [6, 6.07) is 5.53. The lowest BCUT2D eigenvalue weighted by Gasteiger charge is -2.05. The van der Waals surface area contributed by atoms with Crippen LogP contribution in [0.25, 0.3) is 0 Å². The molecule has 0 radical (unpaired) electrons. The van der Waals surface area contributed by atoms with Gasteiger partial charge in [0, 0.05) is 19.2 Å². The lowest BCUT2D eigenvalue weighted by molar-refractivity contribution is -0.140. The highest BCUT2D eigenvalue weighted by molar-refractivity contribution is 5.68. The van der Waals surface area contributed by atoms with Crippen molar-refractivity contribution in [3.05, 3.63) is 23.9 Å². The van der Waals surface area contributed by atoms with Crippen molar-refractivity contribution >= 4 is 11.8 Å². The summed E-state index contributed by atoms with van der Waals surface area (Å²) < 4.78 is 4.56. The molecule has 0 saturated carbocycles. The standard InChI is InChI=1S/C13H17N3O2/c1-18-13(17)5-3-2-4-8-15-12-7-6-11(9-14)10-16-12/h6-7,10H,2-5,8H2,1H3,(H,15,16). The van der Waals surface area contributed by atoms with Gasteiger partial charge in [0.25, 0.3) is 0 Å². The molecule has 0 aliphatic heterocycles. The number of unbranched alkanes of at least 4 members (excludes halogenated alkanes) is 2. The molecule has 5 nitrogen and oxygen atoms in total. The van der Waals surface area contributed by atoms with Crippen LogP contribution in [-0.4, -0.2) is 24.6 Å². The average molecular weight is 247 g/mol. The molecule has 0 bridgehead atoms. The first-order valence-corrected chi connectivity index (χ1v) is 5.93. The Hall–Kier alpha value is -2.09. The molecule has 1 aromatic heterocycles. The molecule has 5 heteroatoms. The van der Waals surface area contributed by atoms with Gasteiger partial charge in [-0.25, -0.2) is 4.98 Å². The Morgan fingerprint density at radius 1 is 1.44 bits per heavy atom. The monoisotopic (exact) mass is 247 g/mol. The summed E-state index contributed by atoms with van der Waals surface area (Å²) in [4.78, 5) is 15.0. The van der Waals surface area contributed by atoms with E-state index in [9.17, 15) is 4.79 Å². The van der Waals surface area contributed by atoms with Crippen molar-refractivity contribution in [2.24, 2.45) is 0 Å². The Bertz CT molecular complexity index is 409. The van der Waals surface area contributed by atoms with Crippen LogP contribution in [0.15, 0.2) is 18.3 Å². The first-order chi connectivity index (χ1) is 8.76. The van der Waals surface area contributed by atoms with Gasteiger partial charge in [-0.05, 0) is 25.0 Å². The summed E-state index contributed by atoms with van der Waals surface area (Å²) in [6.45, 7) is 0.806. The number of rotatable bonds is 7. The van der Waals surface area contributed by atoms with E-state index in [-0.39, 0.29) is 5.97 Å². The normalized spacial score (nSPS) is 9.56. The van der Waals surface area contributed by atoms with Crippen molar-refractivity contribution in [1.82, 2.24) is 4.98 Å². The van der Waals surface area contributed by atoms with Crippen LogP contribution in [0, 0.1) is 11.3 Å². The fraction of sp³-hybridized carbons (Fsp3) is 0.462. The first-order valence-electron chi connectivity index (χ1n) is 5.93. The highest BCUT2D eigenvalue weighted by Crippen LogP contribution is 2.05. The van der Waals surface area contributed by atoms with Gasteiger partial charge in [0.15, 0.2) is 0 Å². The highest BCUT2D eigenvalue weighted by Gasteiger charge is 1.99. The molecule has 0 aliphatic carbocycles. The smallest absolute Gasteiger partial charge is 0.305 e. The summed E-state index contributed by atoms with van der Waals surface area (Å²) in [5, 5.41) is 11.8. The third-order valence-corrected chi connectivity index (χ3v) is 2.48. The van der Waals surface area contributed by atoms with Gasteiger partial charge >= 0.3 is 5.97 Å². The Labute approximate surface area is 107 Å². The third-order valence-electron chi connectivity index (χ3n) is 2.48. The molecule has 0 unspecified atom stereocenters. The van der Waals surface area contributed by atoms with E-state index in [1.807, 2.05) is 6.07 Å². The number of carbonyl (C=O) groups is 1. The number of nitrogens with zero attached hydrogens (tertiary/aromatic N) is 2. The van der Waals surface area contributed by atoms with Gasteiger partial charge in [0.1, 0.15) is 11.9 Å². The molecule has 0 spiro atoms. The molecule has 0 amide bonds. The van der Waals surface area contributed by atoms with Crippen LogP contribution in [0.3, 0.4) is 0 Å². The van der Waals surface area contributed by atoms with Crippen molar-refractivity contribution in [2.45, 2.75) is 25.7 Å². The number of nitriles is 1. The largest absolute Gasteiger partial charge is 0.469 e. The van der Waals surface area contributed by atoms with Crippen LogP contribution < -0.4 is 5.32 Å². The second kappa shape index (κ2) is 8.07. The zero-order chi connectivity index (χ0) is 13.2. The van der Waals surface area contributed by atoms with E-state index in [0.29, 0.717) is 12.0 Å². The van der Waals surface area contributed by atoms with Crippen molar-refractivity contribution in [3.63, 3.8) is 0 Å². The molecule has 1 N–H and O–H groups in total. The van der Waals surface area contributed by atoms with E-state index in [1.54, 1.807) is 18.3 Å². The van der Waals surface area contributed by atoms with Gasteiger partial charge in [0.05, 0.1) is 12.7 Å². The number of anilines is 1. The molecule has 0 aliphatic rings. The lowest BCUT2D eigenvalue weighted by atomic mass is 10.2. The average Bonchev–Trinajstić information content (AvgIpc) is 2.43. The topological polar surface area (TPSA) is 75.0 Å². The molecule has 1 heterocycles. The second-order valence-corrected chi connectivity index (χ2v) is 3.86. The van der Waals surface area contributed by atoms with Gasteiger partial charge in [0.2, 0.25) is 0 Å². The molecule has 0 saturated heterocycles. The van der Waals surface area contributed by atoms with E-state index in [0.717, 1.165) is 31.6 Å². The van der Waals surface area contributed by atoms with E-state index in [1.165, 1.54) is 7.11 Å². The minimum Gasteiger partial charge on any atom is -0.469 e. The molecular formula is C13H17N3O2. The van der Waals surface area contributed by atoms with Crippen molar-refractivity contribution < 1.29 is 9.53 Å². The number of ether oxygens (including phenoxy) is 1. The molecule has 0 fully saturated rings. The van der Waals surface area contributed by atoms with E-state index in [2.05, 4.69) is 15.0 Å². The summed E-state index contributed by atoms with van der Waals surface area (Å²) >= 11 is 0. The van der Waals surface area contributed by atoms with Crippen molar-refractivity contribution in [1.29, 1.82) is 5.26 Å². The zero-order valence-electron chi connectivity index (χ0n) is 10.5. The third kappa shape index (κ3) is 5.30. The fourth-order valence-corrected chi connectivity index (χ4v) is 1.45. The zero-order valence-corrected chi connectivity index (χ0v) is 10.5. The molecule has 0 atom stereocenters. The van der Waals surface area contributed by atoms with Gasteiger partial charge < -0.3 is 10.1 Å². The maximum atomic E-state index is 10.9. The minimum absolute atomic E-state index is 0.156. The van der Waals surface area contributed by atoms with Crippen LogP contribution in [0.1, 0.15) is 31.2 Å². The van der Waals surface area contributed by atoms with Crippen LogP contribution in [-0.2, 0) is 9.53 Å². The lowest BCUT2D eigenvalue weighted by Crippen LogP contribution is -2.04. The van der Waals surface area contributed by atoms with Crippen LogP contribution in [0.4, 0.5) is 5.82 Å². The number of methoxy groups -OCH3 is 1. The Kier molecular flexibility index (Phi) is 6.26. The Morgan fingerprint density at radius 3 is 2.89 bits per heavy atom. The quantitative estimate of drug-likeness (QED) is 0.590. The Balaban J connectivity index is 2.10.